The fourth-order valence-electron chi connectivity index (χ4n) is 3.66. The number of rotatable bonds is 3. The standard InChI is InChI=1S/C21H26ClN7O2/c1-21(2,3)31-20(30)25-13-8-11-28(12-9-13)29-18(14-5-4-10-24-17(14)23)26-15-6-7-16(22)27-19(15)29/h4-7,10,13H,8-9,11-12H2,1-3H3,(H2,23,24)(H,25,30). The molecular weight excluding hydrogens is 418 g/mol. The largest absolute Gasteiger partial charge is 0.444 e. The van der Waals surface area contributed by atoms with Crippen molar-refractivity contribution in [3.63, 3.8) is 0 Å². The van der Waals surface area contributed by atoms with Crippen LogP contribution in [0.5, 0.6) is 0 Å². The zero-order valence-corrected chi connectivity index (χ0v) is 18.6. The van der Waals surface area contributed by atoms with Gasteiger partial charge in [-0.3, -0.25) is 0 Å². The van der Waals surface area contributed by atoms with E-state index < -0.39 is 11.7 Å². The van der Waals surface area contributed by atoms with Gasteiger partial charge in [0.25, 0.3) is 0 Å². The molecule has 0 aliphatic carbocycles. The molecule has 0 bridgehead atoms. The van der Waals surface area contributed by atoms with Gasteiger partial charge in [0.2, 0.25) is 0 Å². The number of halogens is 1. The van der Waals surface area contributed by atoms with Gasteiger partial charge in [-0.2, -0.15) is 0 Å². The lowest BCUT2D eigenvalue weighted by atomic mass is 10.1. The number of carbonyl (C=O) groups excluding carboxylic acids is 1. The Kier molecular flexibility index (Phi) is 5.62. The number of alkyl carbamates (subject to hydrolysis) is 1. The highest BCUT2D eigenvalue weighted by Crippen LogP contribution is 2.29. The van der Waals surface area contributed by atoms with E-state index in [0.29, 0.717) is 35.5 Å². The Balaban J connectivity index is 1.60. The third-order valence-corrected chi connectivity index (χ3v) is 5.21. The molecule has 1 amide bonds. The second kappa shape index (κ2) is 8.22. The molecule has 10 heteroatoms. The van der Waals surface area contributed by atoms with E-state index >= 15 is 0 Å². The van der Waals surface area contributed by atoms with Crippen molar-refractivity contribution in [2.75, 3.05) is 23.8 Å². The zero-order valence-electron chi connectivity index (χ0n) is 17.8. The van der Waals surface area contributed by atoms with Crippen LogP contribution in [0, 0.1) is 0 Å². The lowest BCUT2D eigenvalue weighted by Crippen LogP contribution is -2.49. The van der Waals surface area contributed by atoms with Gasteiger partial charge in [0.15, 0.2) is 11.5 Å². The summed E-state index contributed by atoms with van der Waals surface area (Å²) in [6.07, 6.45) is 2.76. The van der Waals surface area contributed by atoms with Crippen LogP contribution in [0.4, 0.5) is 10.6 Å². The van der Waals surface area contributed by atoms with Gasteiger partial charge in [-0.15, -0.1) is 0 Å². The molecule has 4 heterocycles. The van der Waals surface area contributed by atoms with Crippen LogP contribution in [0.1, 0.15) is 33.6 Å². The van der Waals surface area contributed by atoms with Crippen LogP contribution in [0.15, 0.2) is 30.5 Å². The Labute approximate surface area is 185 Å². The van der Waals surface area contributed by atoms with Crippen LogP contribution in [0.25, 0.3) is 22.6 Å². The van der Waals surface area contributed by atoms with Crippen LogP contribution in [0.2, 0.25) is 5.15 Å². The summed E-state index contributed by atoms with van der Waals surface area (Å²) in [7, 11) is 0. The summed E-state index contributed by atoms with van der Waals surface area (Å²) in [5.41, 5.74) is 7.72. The topological polar surface area (TPSA) is 111 Å². The maximum Gasteiger partial charge on any atom is 0.407 e. The smallest absolute Gasteiger partial charge is 0.407 e. The van der Waals surface area contributed by atoms with Crippen LogP contribution in [0.3, 0.4) is 0 Å². The first-order valence-corrected chi connectivity index (χ1v) is 10.6. The number of carbonyl (C=O) groups is 1. The maximum absolute atomic E-state index is 12.1. The summed E-state index contributed by atoms with van der Waals surface area (Å²) in [5, 5.41) is 5.50. The number of pyridine rings is 2. The Hall–Kier alpha value is -3.07. The van der Waals surface area contributed by atoms with Gasteiger partial charge in [-0.05, 0) is 57.9 Å². The SMILES string of the molecule is CC(C)(C)OC(=O)NC1CCN(n2c(-c3cccnc3N)nc3ccc(Cl)nc32)CC1. The van der Waals surface area contributed by atoms with Crippen molar-refractivity contribution in [2.45, 2.75) is 45.3 Å². The van der Waals surface area contributed by atoms with E-state index in [1.807, 2.05) is 43.6 Å². The number of nitrogen functional groups attached to an aromatic ring is 1. The van der Waals surface area contributed by atoms with Crippen LogP contribution in [-0.4, -0.2) is 50.5 Å². The highest BCUT2D eigenvalue weighted by molar-refractivity contribution is 6.29. The summed E-state index contributed by atoms with van der Waals surface area (Å²) in [6.45, 7) is 6.93. The van der Waals surface area contributed by atoms with E-state index in [0.717, 1.165) is 23.9 Å². The quantitative estimate of drug-likeness (QED) is 0.597. The van der Waals surface area contributed by atoms with Gasteiger partial charge in [-0.1, -0.05) is 11.6 Å². The number of hydrogen-bond donors (Lipinski definition) is 2. The van der Waals surface area contributed by atoms with Crippen molar-refractivity contribution in [3.8, 4) is 11.4 Å². The van der Waals surface area contributed by atoms with Crippen molar-refractivity contribution in [2.24, 2.45) is 0 Å². The predicted molar refractivity (Wildman–Crippen MR) is 121 cm³/mol. The molecule has 0 radical (unpaired) electrons. The number of anilines is 1. The molecule has 4 rings (SSSR count). The summed E-state index contributed by atoms with van der Waals surface area (Å²) in [6, 6.07) is 7.30. The molecule has 31 heavy (non-hydrogen) atoms. The van der Waals surface area contributed by atoms with Crippen molar-refractivity contribution in [3.05, 3.63) is 35.6 Å². The number of ether oxygens (including phenoxy) is 1. The minimum atomic E-state index is -0.524. The third-order valence-electron chi connectivity index (χ3n) is 5.00. The minimum Gasteiger partial charge on any atom is -0.444 e. The first-order valence-electron chi connectivity index (χ1n) is 10.2. The van der Waals surface area contributed by atoms with Gasteiger partial charge >= 0.3 is 6.09 Å². The van der Waals surface area contributed by atoms with E-state index in [1.54, 1.807) is 12.3 Å². The zero-order chi connectivity index (χ0) is 22.2. The van der Waals surface area contributed by atoms with E-state index in [2.05, 4.69) is 20.3 Å². The highest BCUT2D eigenvalue weighted by atomic mass is 35.5. The van der Waals surface area contributed by atoms with Crippen LogP contribution >= 0.6 is 11.6 Å². The molecule has 0 spiro atoms. The molecule has 0 unspecified atom stereocenters. The molecule has 1 saturated heterocycles. The Bertz CT molecular complexity index is 1100. The van der Waals surface area contributed by atoms with Crippen molar-refractivity contribution in [1.29, 1.82) is 0 Å². The highest BCUT2D eigenvalue weighted by Gasteiger charge is 2.27. The van der Waals surface area contributed by atoms with E-state index in [-0.39, 0.29) is 6.04 Å². The van der Waals surface area contributed by atoms with Gasteiger partial charge in [0.05, 0.1) is 5.56 Å². The monoisotopic (exact) mass is 443 g/mol. The summed E-state index contributed by atoms with van der Waals surface area (Å²) < 4.78 is 7.33. The molecule has 3 aromatic heterocycles. The number of imidazole rings is 1. The minimum absolute atomic E-state index is 0.0318. The van der Waals surface area contributed by atoms with Gasteiger partial charge in [0.1, 0.15) is 22.1 Å². The lowest BCUT2D eigenvalue weighted by molar-refractivity contribution is 0.0496. The molecule has 1 aliphatic heterocycles. The molecular formula is C21H26ClN7O2. The Morgan fingerprint density at radius 3 is 2.65 bits per heavy atom. The lowest BCUT2D eigenvalue weighted by Gasteiger charge is -2.35. The van der Waals surface area contributed by atoms with Crippen molar-refractivity contribution >= 4 is 34.7 Å². The molecule has 1 aliphatic rings. The molecule has 164 valence electrons. The molecule has 3 N–H and O–H groups in total. The van der Waals surface area contributed by atoms with Gasteiger partial charge < -0.3 is 20.8 Å². The Morgan fingerprint density at radius 2 is 1.97 bits per heavy atom. The number of nitrogens with zero attached hydrogens (tertiary/aromatic N) is 5. The third kappa shape index (κ3) is 4.66. The molecule has 9 nitrogen and oxygen atoms in total. The van der Waals surface area contributed by atoms with E-state index in [1.165, 1.54) is 0 Å². The number of nitrogens with one attached hydrogen (secondary N) is 1. The average Bonchev–Trinajstić information content (AvgIpc) is 3.06. The first kappa shape index (κ1) is 21.2. The number of hydrogen-bond acceptors (Lipinski definition) is 7. The molecule has 3 aromatic rings. The summed E-state index contributed by atoms with van der Waals surface area (Å²) >= 11 is 6.18. The fourth-order valence-corrected chi connectivity index (χ4v) is 3.80. The Morgan fingerprint density at radius 1 is 1.23 bits per heavy atom. The van der Waals surface area contributed by atoms with E-state index in [4.69, 9.17) is 27.1 Å². The normalized spacial score (nSPS) is 15.3. The average molecular weight is 444 g/mol. The second-order valence-corrected chi connectivity index (χ2v) is 8.92. The van der Waals surface area contributed by atoms with Crippen LogP contribution in [-0.2, 0) is 4.74 Å². The number of aromatic nitrogens is 4. The molecule has 0 aromatic carbocycles. The number of fused-ring (bicyclic) bond motifs is 1. The van der Waals surface area contributed by atoms with Crippen LogP contribution < -0.4 is 16.1 Å². The second-order valence-electron chi connectivity index (χ2n) is 8.53. The maximum atomic E-state index is 12.1. The number of amides is 1. The predicted octanol–water partition coefficient (Wildman–Crippen LogP) is 3.35. The summed E-state index contributed by atoms with van der Waals surface area (Å²) in [5.74, 6) is 1.06. The molecule has 1 fully saturated rings. The molecule has 0 atom stereocenters. The summed E-state index contributed by atoms with van der Waals surface area (Å²) in [4.78, 5) is 25.6. The van der Waals surface area contributed by atoms with Crippen molar-refractivity contribution in [1.82, 2.24) is 24.9 Å². The number of nitrogens with two attached hydrogens (primary N) is 1. The fraction of sp³-hybridized carbons (Fsp3) is 0.429. The van der Waals surface area contributed by atoms with Gasteiger partial charge in [-0.25, -0.2) is 24.4 Å². The number of piperidine rings is 1. The van der Waals surface area contributed by atoms with Crippen molar-refractivity contribution < 1.29 is 9.53 Å². The van der Waals surface area contributed by atoms with Gasteiger partial charge in [0, 0.05) is 25.3 Å². The van der Waals surface area contributed by atoms with E-state index in [9.17, 15) is 4.79 Å². The first-order chi connectivity index (χ1) is 14.7. The molecule has 0 saturated carbocycles.